The van der Waals surface area contributed by atoms with Crippen LogP contribution in [0.5, 0.6) is 0 Å². The highest BCUT2D eigenvalue weighted by atomic mass is 19.2. The van der Waals surface area contributed by atoms with E-state index in [4.69, 9.17) is 0 Å². The van der Waals surface area contributed by atoms with Crippen molar-refractivity contribution >= 4 is 5.69 Å². The largest absolute Gasteiger partial charge is 0.384 e. The molecule has 0 spiro atoms. The molecule has 2 heterocycles. The van der Waals surface area contributed by atoms with E-state index in [0.29, 0.717) is 0 Å². The first kappa shape index (κ1) is 13.7. The molecule has 1 N–H and O–H groups in total. The molecule has 1 unspecified atom stereocenters. The molecule has 0 amide bonds. The second-order valence-corrected chi connectivity index (χ2v) is 6.26. The number of nitrogens with zero attached hydrogens (tertiary/aromatic N) is 1. The van der Waals surface area contributed by atoms with Crippen molar-refractivity contribution in [1.29, 1.82) is 0 Å². The van der Waals surface area contributed by atoms with Crippen molar-refractivity contribution in [1.82, 2.24) is 4.90 Å². The molecule has 0 saturated carbocycles. The number of hydrogen-bond donors (Lipinski definition) is 1. The number of benzene rings is 2. The molecule has 114 valence electrons. The molecule has 2 nitrogen and oxygen atoms in total. The molecule has 2 aromatic carbocycles. The van der Waals surface area contributed by atoms with Crippen LogP contribution in [0.2, 0.25) is 0 Å². The molecule has 0 saturated heterocycles. The van der Waals surface area contributed by atoms with Crippen molar-refractivity contribution in [3.05, 3.63) is 64.2 Å². The number of halogens is 2. The van der Waals surface area contributed by atoms with Crippen LogP contribution in [0.4, 0.5) is 14.5 Å². The number of fused-ring (bicyclic) bond motifs is 3. The molecule has 22 heavy (non-hydrogen) atoms. The van der Waals surface area contributed by atoms with Crippen LogP contribution in [0, 0.1) is 11.6 Å². The van der Waals surface area contributed by atoms with Gasteiger partial charge >= 0.3 is 0 Å². The van der Waals surface area contributed by atoms with Crippen molar-refractivity contribution in [3.8, 4) is 0 Å². The maximum Gasteiger partial charge on any atom is 0.159 e. The predicted molar refractivity (Wildman–Crippen MR) is 83.2 cm³/mol. The first-order chi connectivity index (χ1) is 10.6. The number of rotatable bonds is 1. The van der Waals surface area contributed by atoms with Crippen LogP contribution in [-0.4, -0.2) is 25.0 Å². The number of nitrogens with one attached hydrogen (secondary N) is 1. The third-order valence-electron chi connectivity index (χ3n) is 4.80. The summed E-state index contributed by atoms with van der Waals surface area (Å²) in [6, 6.07) is 8.55. The highest BCUT2D eigenvalue weighted by molar-refractivity contribution is 5.62. The van der Waals surface area contributed by atoms with Gasteiger partial charge in [0.1, 0.15) is 0 Å². The van der Waals surface area contributed by atoms with E-state index >= 15 is 0 Å². The molecule has 4 rings (SSSR count). The number of likely N-dealkylation sites (N-methyl/N-ethyl adjacent to an activating group) is 1. The Morgan fingerprint density at radius 3 is 2.77 bits per heavy atom. The predicted octanol–water partition coefficient (Wildman–Crippen LogP) is 3.51. The average Bonchev–Trinajstić information content (AvgIpc) is 2.98. The highest BCUT2D eigenvalue weighted by Crippen LogP contribution is 2.39. The normalized spacial score (nSPS) is 20.4. The lowest BCUT2D eigenvalue weighted by atomic mass is 9.82. The van der Waals surface area contributed by atoms with Crippen molar-refractivity contribution < 1.29 is 8.78 Å². The summed E-state index contributed by atoms with van der Waals surface area (Å²) in [6.45, 7) is 2.72. The van der Waals surface area contributed by atoms with Crippen molar-refractivity contribution in [3.63, 3.8) is 0 Å². The van der Waals surface area contributed by atoms with Crippen LogP contribution in [0.3, 0.4) is 0 Å². The first-order valence-corrected chi connectivity index (χ1v) is 7.65. The smallest absolute Gasteiger partial charge is 0.159 e. The Labute approximate surface area is 128 Å². The summed E-state index contributed by atoms with van der Waals surface area (Å²) in [7, 11) is 2.08. The molecular formula is C18H18F2N2. The van der Waals surface area contributed by atoms with Crippen LogP contribution >= 0.6 is 0 Å². The van der Waals surface area contributed by atoms with Gasteiger partial charge in [-0.25, -0.2) is 8.78 Å². The molecule has 4 heteroatoms. The van der Waals surface area contributed by atoms with Crippen molar-refractivity contribution in [2.45, 2.75) is 18.9 Å². The summed E-state index contributed by atoms with van der Waals surface area (Å²) in [6.07, 6.45) is 1.04. The molecule has 0 aromatic heterocycles. The Hall–Kier alpha value is -1.94. The minimum absolute atomic E-state index is 0.0924. The summed E-state index contributed by atoms with van der Waals surface area (Å²) in [5, 5.41) is 3.41. The molecular weight excluding hydrogens is 282 g/mol. The Morgan fingerprint density at radius 2 is 1.95 bits per heavy atom. The Balaban J connectivity index is 1.84. The van der Waals surface area contributed by atoms with E-state index in [2.05, 4.69) is 29.4 Å². The van der Waals surface area contributed by atoms with E-state index in [1.807, 2.05) is 0 Å². The zero-order chi connectivity index (χ0) is 15.3. The first-order valence-electron chi connectivity index (χ1n) is 7.65. The summed E-state index contributed by atoms with van der Waals surface area (Å²) in [4.78, 5) is 2.26. The van der Waals surface area contributed by atoms with Gasteiger partial charge in [0.25, 0.3) is 0 Å². The van der Waals surface area contributed by atoms with Gasteiger partial charge < -0.3 is 10.2 Å². The molecule has 2 aliphatic heterocycles. The van der Waals surface area contributed by atoms with Gasteiger partial charge in [0.2, 0.25) is 0 Å². The Morgan fingerprint density at radius 1 is 1.09 bits per heavy atom. The quantitative estimate of drug-likeness (QED) is 0.867. The third-order valence-corrected chi connectivity index (χ3v) is 4.80. The summed E-state index contributed by atoms with van der Waals surface area (Å²) in [5.41, 5.74) is 6.06. The lowest BCUT2D eigenvalue weighted by Crippen LogP contribution is -2.31. The van der Waals surface area contributed by atoms with Gasteiger partial charge in [-0.3, -0.25) is 0 Å². The van der Waals surface area contributed by atoms with Gasteiger partial charge in [-0.1, -0.05) is 12.1 Å². The summed E-state index contributed by atoms with van der Waals surface area (Å²) in [5.74, 6) is -1.46. The lowest BCUT2D eigenvalue weighted by molar-refractivity contribution is 0.294. The molecule has 2 aliphatic rings. The summed E-state index contributed by atoms with van der Waals surface area (Å²) >= 11 is 0. The monoisotopic (exact) mass is 300 g/mol. The highest BCUT2D eigenvalue weighted by Gasteiger charge is 2.29. The van der Waals surface area contributed by atoms with E-state index in [1.54, 1.807) is 6.07 Å². The molecule has 0 radical (unpaired) electrons. The lowest BCUT2D eigenvalue weighted by Gasteiger charge is -2.34. The average molecular weight is 300 g/mol. The Bertz CT molecular complexity index is 742. The molecule has 0 aliphatic carbocycles. The van der Waals surface area contributed by atoms with Crippen molar-refractivity contribution in [2.75, 3.05) is 25.5 Å². The van der Waals surface area contributed by atoms with Gasteiger partial charge in [-0.15, -0.1) is 0 Å². The molecule has 1 atom stereocenters. The molecule has 2 aromatic rings. The van der Waals surface area contributed by atoms with Crippen LogP contribution < -0.4 is 5.32 Å². The summed E-state index contributed by atoms with van der Waals surface area (Å²) < 4.78 is 26.9. The maximum atomic E-state index is 13.6. The molecule has 0 bridgehead atoms. The van der Waals surface area contributed by atoms with E-state index in [9.17, 15) is 8.78 Å². The van der Waals surface area contributed by atoms with Crippen LogP contribution in [0.25, 0.3) is 0 Å². The second kappa shape index (κ2) is 5.06. The fourth-order valence-corrected chi connectivity index (χ4v) is 3.76. The van der Waals surface area contributed by atoms with Gasteiger partial charge in [0.15, 0.2) is 11.6 Å². The fourth-order valence-electron chi connectivity index (χ4n) is 3.76. The van der Waals surface area contributed by atoms with Gasteiger partial charge in [-0.05, 0) is 53.9 Å². The number of anilines is 1. The van der Waals surface area contributed by atoms with E-state index in [0.717, 1.165) is 31.6 Å². The van der Waals surface area contributed by atoms with Gasteiger partial charge in [0, 0.05) is 31.2 Å². The van der Waals surface area contributed by atoms with Crippen LogP contribution in [0.15, 0.2) is 30.3 Å². The van der Waals surface area contributed by atoms with E-state index in [-0.39, 0.29) is 5.92 Å². The molecule has 0 fully saturated rings. The van der Waals surface area contributed by atoms with Gasteiger partial charge in [-0.2, -0.15) is 0 Å². The topological polar surface area (TPSA) is 15.3 Å². The zero-order valence-electron chi connectivity index (χ0n) is 12.5. The standard InChI is InChI=1S/C18H18F2N2/c1-22-9-14(11-2-4-16(19)17(20)8-11)12-3-5-18-13(6-7-21-18)15(12)10-22/h2-5,8,14,21H,6-7,9-10H2,1H3. The fraction of sp³-hybridized carbons (Fsp3) is 0.333. The second-order valence-electron chi connectivity index (χ2n) is 6.26. The SMILES string of the molecule is CN1Cc2c(ccc3c2CCN3)C(c2ccc(F)c(F)c2)C1. The number of hydrogen-bond acceptors (Lipinski definition) is 2. The Kier molecular flexibility index (Phi) is 3.15. The van der Waals surface area contributed by atoms with E-state index < -0.39 is 11.6 Å². The van der Waals surface area contributed by atoms with Crippen molar-refractivity contribution in [2.24, 2.45) is 0 Å². The third kappa shape index (κ3) is 2.10. The maximum absolute atomic E-state index is 13.6. The zero-order valence-corrected chi connectivity index (χ0v) is 12.5. The minimum Gasteiger partial charge on any atom is -0.384 e. The van der Waals surface area contributed by atoms with E-state index in [1.165, 1.54) is 34.5 Å². The van der Waals surface area contributed by atoms with Crippen LogP contribution in [0.1, 0.15) is 28.2 Å². The van der Waals surface area contributed by atoms with Crippen LogP contribution in [-0.2, 0) is 13.0 Å². The van der Waals surface area contributed by atoms with Gasteiger partial charge in [0.05, 0.1) is 0 Å². The minimum atomic E-state index is -0.786.